The zero-order valence-electron chi connectivity index (χ0n) is 18.4. The molecule has 35 heavy (non-hydrogen) atoms. The van der Waals surface area contributed by atoms with Crippen LogP contribution in [0.5, 0.6) is 0 Å². The second-order valence-electron chi connectivity index (χ2n) is 7.67. The monoisotopic (exact) mass is 511 g/mol. The van der Waals surface area contributed by atoms with Gasteiger partial charge in [-0.1, -0.05) is 48.7 Å². The molecule has 2 amide bonds. The number of esters is 1. The molecule has 0 aliphatic carbocycles. The smallest absolute Gasteiger partial charge is 0.356 e. The molecular formula is C24H21N3O6S2. The Balaban J connectivity index is 1.43. The molecule has 9 nitrogen and oxygen atoms in total. The summed E-state index contributed by atoms with van der Waals surface area (Å²) in [6, 6.07) is 14.2. The number of amides is 2. The first-order valence-corrected chi connectivity index (χ1v) is 12.5. The molecule has 1 saturated heterocycles. The quantitative estimate of drug-likeness (QED) is 0.236. The Hall–Kier alpha value is -3.57. The minimum Gasteiger partial charge on any atom is -0.456 e. The van der Waals surface area contributed by atoms with E-state index >= 15 is 0 Å². The van der Waals surface area contributed by atoms with Crippen molar-refractivity contribution in [2.75, 3.05) is 5.75 Å². The fourth-order valence-electron chi connectivity index (χ4n) is 3.71. The Bertz CT molecular complexity index is 1200. The first-order chi connectivity index (χ1) is 16.9. The topological polar surface area (TPSA) is 119 Å². The number of thioether (sulfide) groups is 2. The van der Waals surface area contributed by atoms with Crippen molar-refractivity contribution in [3.63, 3.8) is 0 Å². The van der Waals surface area contributed by atoms with Crippen molar-refractivity contribution in [3.05, 3.63) is 98.4 Å². The van der Waals surface area contributed by atoms with Crippen LogP contribution in [0, 0.1) is 10.1 Å². The molecule has 2 aliphatic heterocycles. The van der Waals surface area contributed by atoms with Crippen molar-refractivity contribution in [1.29, 1.82) is 0 Å². The number of ether oxygens (including phenoxy) is 1. The van der Waals surface area contributed by atoms with Gasteiger partial charge < -0.3 is 10.1 Å². The van der Waals surface area contributed by atoms with Crippen molar-refractivity contribution < 1.29 is 24.0 Å². The van der Waals surface area contributed by atoms with Gasteiger partial charge in [0.05, 0.1) is 11.3 Å². The van der Waals surface area contributed by atoms with E-state index in [4.69, 9.17) is 4.74 Å². The number of nitrogens with zero attached hydrogens (tertiary/aromatic N) is 2. The van der Waals surface area contributed by atoms with Crippen LogP contribution in [0.4, 0.5) is 5.69 Å². The highest BCUT2D eigenvalue weighted by atomic mass is 32.2. The van der Waals surface area contributed by atoms with Crippen LogP contribution in [0.25, 0.3) is 0 Å². The van der Waals surface area contributed by atoms with Gasteiger partial charge in [0.15, 0.2) is 0 Å². The molecule has 180 valence electrons. The van der Waals surface area contributed by atoms with Gasteiger partial charge in [-0.3, -0.25) is 24.6 Å². The molecule has 1 fully saturated rings. The van der Waals surface area contributed by atoms with E-state index in [1.54, 1.807) is 5.41 Å². The molecule has 0 bridgehead atoms. The molecule has 1 unspecified atom stereocenters. The first kappa shape index (κ1) is 24.6. The van der Waals surface area contributed by atoms with Crippen LogP contribution < -0.4 is 5.32 Å². The number of nitrogens with one attached hydrogen (secondary N) is 1. The van der Waals surface area contributed by atoms with Crippen LogP contribution in [0.2, 0.25) is 0 Å². The van der Waals surface area contributed by atoms with E-state index in [2.05, 4.69) is 11.9 Å². The maximum absolute atomic E-state index is 13.0. The molecule has 0 saturated carbocycles. The summed E-state index contributed by atoms with van der Waals surface area (Å²) in [5.74, 6) is -0.876. The molecule has 2 heterocycles. The van der Waals surface area contributed by atoms with Gasteiger partial charge in [-0.15, -0.1) is 11.8 Å². The molecule has 2 aromatic rings. The van der Waals surface area contributed by atoms with Gasteiger partial charge in [-0.2, -0.15) is 0 Å². The number of nitro benzene ring substituents is 1. The largest absolute Gasteiger partial charge is 0.456 e. The molecule has 4 rings (SSSR count). The number of hydrogen-bond acceptors (Lipinski definition) is 8. The fourth-order valence-corrected chi connectivity index (χ4v) is 5.87. The van der Waals surface area contributed by atoms with E-state index in [1.807, 2.05) is 30.3 Å². The fraction of sp³-hybridized carbons (Fsp3) is 0.208. The van der Waals surface area contributed by atoms with Crippen molar-refractivity contribution in [3.8, 4) is 0 Å². The molecule has 0 aromatic heterocycles. The SMILES string of the molecule is C=CSC1=C(C(=O)OCc2ccc([N+](=O)[O-])cc2)N2C(=O)C(NC(=O)Cc3ccccc3)[C@@H]2SC1. The Morgan fingerprint density at radius 1 is 1.20 bits per heavy atom. The lowest BCUT2D eigenvalue weighted by molar-refractivity contribution is -0.384. The van der Waals surface area contributed by atoms with E-state index in [-0.39, 0.29) is 36.2 Å². The Labute approximate surface area is 209 Å². The predicted octanol–water partition coefficient (Wildman–Crippen LogP) is 3.37. The summed E-state index contributed by atoms with van der Waals surface area (Å²) < 4.78 is 5.44. The molecule has 2 aliphatic rings. The molecule has 11 heteroatoms. The van der Waals surface area contributed by atoms with Crippen LogP contribution in [-0.4, -0.2) is 44.8 Å². The average molecular weight is 512 g/mol. The first-order valence-electron chi connectivity index (χ1n) is 10.6. The lowest BCUT2D eigenvalue weighted by atomic mass is 10.0. The highest BCUT2D eigenvalue weighted by Crippen LogP contribution is 2.44. The number of non-ortho nitro benzene ring substituents is 1. The van der Waals surface area contributed by atoms with E-state index in [0.29, 0.717) is 16.2 Å². The number of fused-ring (bicyclic) bond motifs is 1. The standard InChI is InChI=1S/C24H21N3O6S2/c1-2-34-18-14-35-23-20(25-19(28)12-15-6-4-3-5-7-15)22(29)26(23)21(18)24(30)33-13-16-8-10-17(11-9-16)27(31)32/h2-11,20,23H,1,12-14H2,(H,25,28)/t20?,23-/m0/s1. The van der Waals surface area contributed by atoms with Gasteiger partial charge in [-0.05, 0) is 28.7 Å². The third kappa shape index (κ3) is 5.41. The van der Waals surface area contributed by atoms with Crippen molar-refractivity contribution in [1.82, 2.24) is 10.2 Å². The van der Waals surface area contributed by atoms with E-state index in [0.717, 1.165) is 5.56 Å². The zero-order valence-corrected chi connectivity index (χ0v) is 20.1. The van der Waals surface area contributed by atoms with Crippen molar-refractivity contribution in [2.24, 2.45) is 0 Å². The summed E-state index contributed by atoms with van der Waals surface area (Å²) in [5.41, 5.74) is 1.49. The van der Waals surface area contributed by atoms with Crippen LogP contribution >= 0.6 is 23.5 Å². The summed E-state index contributed by atoms with van der Waals surface area (Å²) >= 11 is 2.69. The number of carbonyl (C=O) groups is 3. The third-order valence-electron chi connectivity index (χ3n) is 5.39. The number of nitro groups is 1. The molecule has 1 N–H and O–H groups in total. The van der Waals surface area contributed by atoms with Gasteiger partial charge >= 0.3 is 5.97 Å². The summed E-state index contributed by atoms with van der Waals surface area (Å²) in [6.07, 6.45) is 0.152. The van der Waals surface area contributed by atoms with E-state index in [9.17, 15) is 24.5 Å². The predicted molar refractivity (Wildman–Crippen MR) is 133 cm³/mol. The summed E-state index contributed by atoms with van der Waals surface area (Å²) in [5, 5.41) is 14.7. The summed E-state index contributed by atoms with van der Waals surface area (Å²) in [6.45, 7) is 3.58. The highest BCUT2D eigenvalue weighted by Gasteiger charge is 2.54. The molecular weight excluding hydrogens is 490 g/mol. The van der Waals surface area contributed by atoms with E-state index in [1.165, 1.54) is 52.7 Å². The Kier molecular flexibility index (Phi) is 7.57. The van der Waals surface area contributed by atoms with Crippen molar-refractivity contribution >= 4 is 47.0 Å². The molecule has 2 atom stereocenters. The zero-order chi connectivity index (χ0) is 24.9. The highest BCUT2D eigenvalue weighted by molar-refractivity contribution is 8.08. The van der Waals surface area contributed by atoms with Gasteiger partial charge in [0.25, 0.3) is 11.6 Å². The van der Waals surface area contributed by atoms with Crippen LogP contribution in [0.3, 0.4) is 0 Å². The molecule has 2 aromatic carbocycles. The van der Waals surface area contributed by atoms with Crippen molar-refractivity contribution in [2.45, 2.75) is 24.4 Å². The second-order valence-corrected chi connectivity index (χ2v) is 9.84. The third-order valence-corrected chi connectivity index (χ3v) is 7.64. The Morgan fingerprint density at radius 3 is 2.57 bits per heavy atom. The lowest BCUT2D eigenvalue weighted by Gasteiger charge is -2.49. The average Bonchev–Trinajstić information content (AvgIpc) is 2.86. The maximum Gasteiger partial charge on any atom is 0.356 e. The molecule has 0 radical (unpaired) electrons. The van der Waals surface area contributed by atoms with Gasteiger partial charge in [-0.25, -0.2) is 4.79 Å². The summed E-state index contributed by atoms with van der Waals surface area (Å²) in [4.78, 5) is 50.8. The van der Waals surface area contributed by atoms with Gasteiger partial charge in [0, 0.05) is 22.8 Å². The van der Waals surface area contributed by atoms with Crippen LogP contribution in [-0.2, 0) is 32.1 Å². The normalized spacial score (nSPS) is 18.9. The van der Waals surface area contributed by atoms with Gasteiger partial charge in [0.1, 0.15) is 23.7 Å². The number of carbonyl (C=O) groups excluding carboxylic acids is 3. The number of benzene rings is 2. The number of rotatable bonds is 9. The minimum absolute atomic E-state index is 0.0638. The van der Waals surface area contributed by atoms with E-state index < -0.39 is 22.3 Å². The second kappa shape index (κ2) is 10.8. The summed E-state index contributed by atoms with van der Waals surface area (Å²) in [7, 11) is 0. The number of β-lactam (4-membered cyclic amide) rings is 1. The van der Waals surface area contributed by atoms with Crippen LogP contribution in [0.1, 0.15) is 11.1 Å². The number of hydrogen-bond donors (Lipinski definition) is 1. The Morgan fingerprint density at radius 2 is 1.91 bits per heavy atom. The maximum atomic E-state index is 13.0. The lowest BCUT2D eigenvalue weighted by Crippen LogP contribution is -2.70. The van der Waals surface area contributed by atoms with Crippen LogP contribution in [0.15, 0.2) is 77.2 Å². The van der Waals surface area contributed by atoms with Gasteiger partial charge in [0.2, 0.25) is 5.91 Å². The minimum atomic E-state index is -0.732. The molecule has 0 spiro atoms.